The van der Waals surface area contributed by atoms with Crippen LogP contribution in [0.4, 0.5) is 0 Å². The third kappa shape index (κ3) is 2.07. The Hall–Kier alpha value is -0.840. The minimum Gasteiger partial charge on any atom is -0.514 e. The minimum atomic E-state index is -3.84. The van der Waals surface area contributed by atoms with E-state index in [1.54, 1.807) is 0 Å². The Labute approximate surface area is 68.9 Å². The number of aliphatic carboxylic acids is 1. The zero-order chi connectivity index (χ0) is 9.78. The number of carboxylic acids is 1. The summed E-state index contributed by atoms with van der Waals surface area (Å²) in [6.07, 6.45) is 0.191. The summed E-state index contributed by atoms with van der Waals surface area (Å²) in [5.74, 6) is -1.55. The Balaban J connectivity index is 4.97. The Morgan fingerprint density at radius 1 is 1.42 bits per heavy atom. The number of carbonyl (C=O) groups is 1. The van der Waals surface area contributed by atoms with Crippen LogP contribution in [0.1, 0.15) is 0 Å². The van der Waals surface area contributed by atoms with Crippen molar-refractivity contribution in [1.82, 2.24) is 0 Å². The van der Waals surface area contributed by atoms with Gasteiger partial charge in [0, 0.05) is 14.2 Å². The zero-order valence-corrected chi connectivity index (χ0v) is 7.45. The van der Waals surface area contributed by atoms with Crippen LogP contribution in [0.15, 0.2) is 11.6 Å². The number of aliphatic hydroxyl groups is 1. The van der Waals surface area contributed by atoms with Gasteiger partial charge in [-0.15, -0.1) is 0 Å². The van der Waals surface area contributed by atoms with E-state index in [1.165, 1.54) is 0 Å². The molecular weight excluding hydrogens is 187 g/mol. The summed E-state index contributed by atoms with van der Waals surface area (Å²) >= 11 is 0. The van der Waals surface area contributed by atoms with Crippen molar-refractivity contribution < 1.29 is 28.6 Å². The molecule has 0 atom stereocenters. The number of hydrogen-bond acceptors (Lipinski definition) is 5. The fourth-order valence-electron chi connectivity index (χ4n) is 0.514. The van der Waals surface area contributed by atoms with Crippen LogP contribution in [0.5, 0.6) is 0 Å². The summed E-state index contributed by atoms with van der Waals surface area (Å²) in [6, 6.07) is 0. The van der Waals surface area contributed by atoms with Gasteiger partial charge in [-0.1, -0.05) is 0 Å². The molecule has 0 bridgehead atoms. The van der Waals surface area contributed by atoms with Crippen LogP contribution in [0.3, 0.4) is 0 Å². The lowest BCUT2D eigenvalue weighted by atomic mass is 10.6. The summed E-state index contributed by atoms with van der Waals surface area (Å²) < 4.78 is 19.9. The molecule has 0 amide bonds. The second-order valence-corrected chi connectivity index (χ2v) is 3.89. The molecule has 0 unspecified atom stereocenters. The predicted octanol–water partition coefficient (Wildman–Crippen LogP) is 0.956. The maximum atomic E-state index is 11.3. The van der Waals surface area contributed by atoms with Gasteiger partial charge < -0.3 is 19.3 Å². The topological polar surface area (TPSA) is 93.1 Å². The standard InChI is InChI=1S/C5H9O6P/c1-10-12(9,11-2)4(3-6)5(7)8/h3,6H,1-2H3,(H,7,8)/b4-3-. The fourth-order valence-corrected chi connectivity index (χ4v) is 1.43. The first-order valence-electron chi connectivity index (χ1n) is 2.81. The van der Waals surface area contributed by atoms with E-state index in [1.807, 2.05) is 0 Å². The van der Waals surface area contributed by atoms with Crippen molar-refractivity contribution in [3.63, 3.8) is 0 Å². The van der Waals surface area contributed by atoms with Crippen molar-refractivity contribution in [3.8, 4) is 0 Å². The van der Waals surface area contributed by atoms with Crippen LogP contribution in [-0.4, -0.2) is 30.4 Å². The summed E-state index contributed by atoms with van der Waals surface area (Å²) in [5.41, 5.74) is 0. The van der Waals surface area contributed by atoms with Gasteiger partial charge >= 0.3 is 13.6 Å². The van der Waals surface area contributed by atoms with Gasteiger partial charge in [-0.2, -0.15) is 0 Å². The van der Waals surface area contributed by atoms with Crippen molar-refractivity contribution in [3.05, 3.63) is 11.6 Å². The van der Waals surface area contributed by atoms with Gasteiger partial charge in [0.05, 0.1) is 0 Å². The lowest BCUT2D eigenvalue weighted by Gasteiger charge is -2.12. The van der Waals surface area contributed by atoms with Gasteiger partial charge in [0.25, 0.3) is 0 Å². The highest BCUT2D eigenvalue weighted by atomic mass is 31.2. The third-order valence-corrected chi connectivity index (χ3v) is 2.98. The molecule has 12 heavy (non-hydrogen) atoms. The largest absolute Gasteiger partial charge is 0.514 e. The molecule has 0 aromatic heterocycles. The second-order valence-electron chi connectivity index (χ2n) is 1.68. The van der Waals surface area contributed by atoms with E-state index in [-0.39, 0.29) is 6.26 Å². The molecule has 0 radical (unpaired) electrons. The molecule has 0 saturated carbocycles. The lowest BCUT2D eigenvalue weighted by molar-refractivity contribution is -0.132. The zero-order valence-electron chi connectivity index (χ0n) is 6.55. The van der Waals surface area contributed by atoms with E-state index in [9.17, 15) is 9.36 Å². The Morgan fingerprint density at radius 3 is 1.92 bits per heavy atom. The van der Waals surface area contributed by atoms with Crippen LogP contribution < -0.4 is 0 Å². The molecule has 0 rings (SSSR count). The van der Waals surface area contributed by atoms with Crippen molar-refractivity contribution in [2.75, 3.05) is 14.2 Å². The van der Waals surface area contributed by atoms with E-state index in [0.29, 0.717) is 0 Å². The minimum absolute atomic E-state index is 0.191. The average molecular weight is 196 g/mol. The molecule has 0 aliphatic carbocycles. The Kier molecular flexibility index (Phi) is 3.95. The first kappa shape index (κ1) is 11.2. The molecule has 0 aromatic carbocycles. The molecular formula is C5H9O6P. The maximum Gasteiger partial charge on any atom is 0.371 e. The van der Waals surface area contributed by atoms with E-state index >= 15 is 0 Å². The van der Waals surface area contributed by atoms with Gasteiger partial charge in [-0.3, -0.25) is 4.57 Å². The highest BCUT2D eigenvalue weighted by Crippen LogP contribution is 2.54. The highest BCUT2D eigenvalue weighted by molar-refractivity contribution is 7.59. The SMILES string of the molecule is COP(=O)(OC)/C(=C\O)C(=O)O. The van der Waals surface area contributed by atoms with Gasteiger partial charge in [-0.05, 0) is 0 Å². The van der Waals surface area contributed by atoms with Crippen molar-refractivity contribution in [1.29, 1.82) is 0 Å². The van der Waals surface area contributed by atoms with E-state index in [0.717, 1.165) is 14.2 Å². The maximum absolute atomic E-state index is 11.3. The molecule has 0 aromatic rings. The Morgan fingerprint density at radius 2 is 1.83 bits per heavy atom. The summed E-state index contributed by atoms with van der Waals surface area (Å²) in [5, 5.41) is 16.0. The second kappa shape index (κ2) is 4.25. The predicted molar refractivity (Wildman–Crippen MR) is 40.0 cm³/mol. The van der Waals surface area contributed by atoms with E-state index in [2.05, 4.69) is 9.05 Å². The number of aliphatic hydroxyl groups excluding tert-OH is 1. The van der Waals surface area contributed by atoms with Crippen molar-refractivity contribution >= 4 is 13.6 Å². The van der Waals surface area contributed by atoms with Crippen LogP contribution in [0, 0.1) is 0 Å². The Bertz CT molecular complexity index is 236. The summed E-state index contributed by atoms with van der Waals surface area (Å²) in [4.78, 5) is 10.3. The number of rotatable bonds is 4. The highest BCUT2D eigenvalue weighted by Gasteiger charge is 2.33. The molecule has 0 aliphatic heterocycles. The molecule has 0 aliphatic rings. The first-order chi connectivity index (χ1) is 5.51. The first-order valence-corrected chi connectivity index (χ1v) is 4.36. The monoisotopic (exact) mass is 196 g/mol. The molecule has 0 spiro atoms. The molecule has 2 N–H and O–H groups in total. The number of hydrogen-bond donors (Lipinski definition) is 2. The van der Waals surface area contributed by atoms with Crippen LogP contribution in [0.25, 0.3) is 0 Å². The van der Waals surface area contributed by atoms with Crippen LogP contribution in [0.2, 0.25) is 0 Å². The molecule has 7 heteroatoms. The van der Waals surface area contributed by atoms with Gasteiger partial charge in [-0.25, -0.2) is 4.79 Å². The van der Waals surface area contributed by atoms with E-state index in [4.69, 9.17) is 10.2 Å². The van der Waals surface area contributed by atoms with E-state index < -0.39 is 18.9 Å². The molecule has 70 valence electrons. The molecule has 6 nitrogen and oxygen atoms in total. The van der Waals surface area contributed by atoms with Gasteiger partial charge in [0.1, 0.15) is 6.26 Å². The smallest absolute Gasteiger partial charge is 0.371 e. The summed E-state index contributed by atoms with van der Waals surface area (Å²) in [6.45, 7) is 0. The summed E-state index contributed by atoms with van der Waals surface area (Å²) in [7, 11) is -1.79. The van der Waals surface area contributed by atoms with Gasteiger partial charge in [0.2, 0.25) is 0 Å². The molecule has 0 fully saturated rings. The van der Waals surface area contributed by atoms with Gasteiger partial charge in [0.15, 0.2) is 5.31 Å². The lowest BCUT2D eigenvalue weighted by Crippen LogP contribution is -2.04. The average Bonchev–Trinajstić information content (AvgIpc) is 2.04. The van der Waals surface area contributed by atoms with Crippen molar-refractivity contribution in [2.24, 2.45) is 0 Å². The molecule has 0 saturated heterocycles. The fraction of sp³-hybridized carbons (Fsp3) is 0.400. The van der Waals surface area contributed by atoms with Crippen molar-refractivity contribution in [2.45, 2.75) is 0 Å². The van der Waals surface area contributed by atoms with Crippen LogP contribution in [-0.2, 0) is 18.4 Å². The normalized spacial score (nSPS) is 13.0. The number of carboxylic acid groups (broad SMARTS) is 1. The van der Waals surface area contributed by atoms with Crippen LogP contribution >= 0.6 is 7.60 Å². The quantitative estimate of drug-likeness (QED) is 0.395. The third-order valence-electron chi connectivity index (χ3n) is 1.12. The molecule has 0 heterocycles.